The van der Waals surface area contributed by atoms with Crippen LogP contribution in [0.1, 0.15) is 27.1 Å². The highest BCUT2D eigenvalue weighted by atomic mass is 32.2. The third-order valence-electron chi connectivity index (χ3n) is 4.16. The molecule has 2 aliphatic rings. The Labute approximate surface area is 140 Å². The zero-order chi connectivity index (χ0) is 17.3. The zero-order valence-corrected chi connectivity index (χ0v) is 14.1. The van der Waals surface area contributed by atoms with Crippen molar-refractivity contribution in [2.75, 3.05) is 33.4 Å². The number of benzene rings is 1. The number of hydrogen-bond donors (Lipinski definition) is 2. The van der Waals surface area contributed by atoms with Crippen LogP contribution in [-0.4, -0.2) is 63.9 Å². The maximum Gasteiger partial charge on any atom is 0.269 e. The third-order valence-corrected chi connectivity index (χ3v) is 5.99. The number of carbonyl (C=O) groups is 2. The first kappa shape index (κ1) is 16.9. The molecule has 1 atom stereocenters. The van der Waals surface area contributed by atoms with Gasteiger partial charge in [0.05, 0.1) is 18.7 Å². The number of carbonyl (C=O) groups excluding carboxylic acids is 2. The van der Waals surface area contributed by atoms with E-state index < -0.39 is 15.9 Å². The highest BCUT2D eigenvalue weighted by Gasteiger charge is 2.41. The lowest BCUT2D eigenvalue weighted by atomic mass is 10.1. The van der Waals surface area contributed by atoms with Gasteiger partial charge < -0.3 is 15.4 Å². The summed E-state index contributed by atoms with van der Waals surface area (Å²) in [6, 6.07) is 4.17. The molecule has 0 bridgehead atoms. The second-order valence-corrected chi connectivity index (χ2v) is 7.58. The van der Waals surface area contributed by atoms with E-state index in [0.717, 1.165) is 17.3 Å². The minimum absolute atomic E-state index is 0.0298. The minimum Gasteiger partial charge on any atom is -0.383 e. The van der Waals surface area contributed by atoms with Crippen molar-refractivity contribution in [2.24, 2.45) is 0 Å². The van der Waals surface area contributed by atoms with E-state index in [0.29, 0.717) is 6.54 Å². The summed E-state index contributed by atoms with van der Waals surface area (Å²) in [5.41, 5.74) is 0.316. The van der Waals surface area contributed by atoms with Crippen LogP contribution in [0.3, 0.4) is 0 Å². The predicted octanol–water partition coefficient (Wildman–Crippen LogP) is -0.431. The van der Waals surface area contributed by atoms with Gasteiger partial charge in [0.25, 0.3) is 21.8 Å². The Morgan fingerprint density at radius 1 is 1.46 bits per heavy atom. The van der Waals surface area contributed by atoms with Crippen LogP contribution in [0.15, 0.2) is 23.1 Å². The van der Waals surface area contributed by atoms with Crippen molar-refractivity contribution in [3.05, 3.63) is 29.3 Å². The van der Waals surface area contributed by atoms with Crippen molar-refractivity contribution in [3.8, 4) is 0 Å². The first-order chi connectivity index (χ1) is 11.4. The van der Waals surface area contributed by atoms with Gasteiger partial charge in [-0.15, -0.1) is 0 Å². The Hall–Kier alpha value is -1.97. The third kappa shape index (κ3) is 2.90. The number of ether oxygens (including phenoxy) is 1. The van der Waals surface area contributed by atoms with Crippen LogP contribution in [-0.2, 0) is 14.8 Å². The molecule has 9 heteroatoms. The maximum atomic E-state index is 12.5. The van der Waals surface area contributed by atoms with Crippen molar-refractivity contribution < 1.29 is 22.7 Å². The lowest BCUT2D eigenvalue weighted by Crippen LogP contribution is -2.36. The molecule has 2 aliphatic heterocycles. The van der Waals surface area contributed by atoms with Gasteiger partial charge in [0, 0.05) is 25.3 Å². The molecule has 24 heavy (non-hydrogen) atoms. The first-order valence-corrected chi connectivity index (χ1v) is 9.11. The van der Waals surface area contributed by atoms with Crippen LogP contribution in [0.2, 0.25) is 0 Å². The van der Waals surface area contributed by atoms with E-state index in [9.17, 15) is 18.0 Å². The Kier molecular flexibility index (Phi) is 4.57. The van der Waals surface area contributed by atoms with E-state index >= 15 is 0 Å². The summed E-state index contributed by atoms with van der Waals surface area (Å²) in [7, 11) is -2.51. The second-order valence-electron chi connectivity index (χ2n) is 5.75. The molecule has 3 rings (SSSR count). The van der Waals surface area contributed by atoms with Gasteiger partial charge in [0.1, 0.15) is 4.90 Å². The minimum atomic E-state index is -3.94. The molecule has 130 valence electrons. The van der Waals surface area contributed by atoms with Crippen LogP contribution in [0.4, 0.5) is 0 Å². The van der Waals surface area contributed by atoms with Crippen LogP contribution < -0.4 is 10.6 Å². The molecule has 1 aromatic rings. The molecule has 0 aromatic heterocycles. The maximum absolute atomic E-state index is 12.5. The van der Waals surface area contributed by atoms with Gasteiger partial charge >= 0.3 is 0 Å². The van der Waals surface area contributed by atoms with Gasteiger partial charge in [-0.3, -0.25) is 9.59 Å². The van der Waals surface area contributed by atoms with E-state index in [-0.39, 0.29) is 41.1 Å². The number of nitrogens with zero attached hydrogens (tertiary/aromatic N) is 1. The molecule has 0 spiro atoms. The summed E-state index contributed by atoms with van der Waals surface area (Å²) in [6.45, 7) is 1.59. The summed E-state index contributed by atoms with van der Waals surface area (Å²) in [6.07, 6.45) is 0.832. The lowest BCUT2D eigenvalue weighted by Gasteiger charge is -2.14. The van der Waals surface area contributed by atoms with Crippen molar-refractivity contribution in [1.82, 2.24) is 14.9 Å². The van der Waals surface area contributed by atoms with Gasteiger partial charge in [-0.2, -0.15) is 0 Å². The van der Waals surface area contributed by atoms with Crippen molar-refractivity contribution in [2.45, 2.75) is 17.4 Å². The number of nitrogens with one attached hydrogen (secondary N) is 2. The number of methoxy groups -OCH3 is 1. The Bertz CT molecular complexity index is 771. The fourth-order valence-electron chi connectivity index (χ4n) is 2.86. The molecular weight excluding hydrogens is 334 g/mol. The second kappa shape index (κ2) is 6.50. The molecular formula is C15H19N3O5S. The fraction of sp³-hybridized carbons (Fsp3) is 0.467. The molecule has 2 N–H and O–H groups in total. The summed E-state index contributed by atoms with van der Waals surface area (Å²) in [4.78, 5) is 24.4. The van der Waals surface area contributed by atoms with Crippen LogP contribution in [0.25, 0.3) is 0 Å². The molecule has 1 unspecified atom stereocenters. The number of hydrogen-bond acceptors (Lipinski definition) is 6. The number of amides is 2. The number of sulfonamides is 1. The SMILES string of the molecule is COCCN1C(=O)c2ccc(C(=O)NC3CCNC3)cc2S1(=O)=O. The van der Waals surface area contributed by atoms with Crippen LogP contribution in [0.5, 0.6) is 0 Å². The van der Waals surface area contributed by atoms with Crippen molar-refractivity contribution in [1.29, 1.82) is 0 Å². The molecule has 0 aliphatic carbocycles. The normalized spacial score (nSPS) is 21.8. The topological polar surface area (TPSA) is 105 Å². The monoisotopic (exact) mass is 353 g/mol. The molecule has 2 heterocycles. The molecule has 0 saturated carbocycles. The molecule has 1 saturated heterocycles. The van der Waals surface area contributed by atoms with Gasteiger partial charge in [-0.05, 0) is 31.2 Å². The first-order valence-electron chi connectivity index (χ1n) is 7.67. The Morgan fingerprint density at radius 3 is 2.92 bits per heavy atom. The summed E-state index contributed by atoms with van der Waals surface area (Å²) < 4.78 is 30.7. The highest BCUT2D eigenvalue weighted by Crippen LogP contribution is 2.30. The van der Waals surface area contributed by atoms with Crippen molar-refractivity contribution >= 4 is 21.8 Å². The largest absolute Gasteiger partial charge is 0.383 e. The highest BCUT2D eigenvalue weighted by molar-refractivity contribution is 7.90. The summed E-state index contributed by atoms with van der Waals surface area (Å²) in [5.74, 6) is -0.932. The average Bonchev–Trinajstić information content (AvgIpc) is 3.12. The van der Waals surface area contributed by atoms with Crippen LogP contribution >= 0.6 is 0 Å². The summed E-state index contributed by atoms with van der Waals surface area (Å²) in [5, 5.41) is 6.00. The van der Waals surface area contributed by atoms with E-state index in [1.165, 1.54) is 25.3 Å². The van der Waals surface area contributed by atoms with E-state index in [2.05, 4.69) is 10.6 Å². The summed E-state index contributed by atoms with van der Waals surface area (Å²) >= 11 is 0. The molecule has 8 nitrogen and oxygen atoms in total. The van der Waals surface area contributed by atoms with E-state index in [1.807, 2.05) is 0 Å². The van der Waals surface area contributed by atoms with Gasteiger partial charge in [-0.1, -0.05) is 0 Å². The smallest absolute Gasteiger partial charge is 0.269 e. The predicted molar refractivity (Wildman–Crippen MR) is 85.3 cm³/mol. The quantitative estimate of drug-likeness (QED) is 0.744. The van der Waals surface area contributed by atoms with E-state index in [1.54, 1.807) is 0 Å². The molecule has 1 fully saturated rings. The number of rotatable bonds is 5. The average molecular weight is 353 g/mol. The van der Waals surface area contributed by atoms with Crippen LogP contribution in [0, 0.1) is 0 Å². The Balaban J connectivity index is 1.86. The van der Waals surface area contributed by atoms with Gasteiger partial charge in [-0.25, -0.2) is 12.7 Å². The molecule has 0 radical (unpaired) electrons. The lowest BCUT2D eigenvalue weighted by molar-refractivity contribution is 0.0835. The van der Waals surface area contributed by atoms with Gasteiger partial charge in [0.15, 0.2) is 0 Å². The van der Waals surface area contributed by atoms with E-state index in [4.69, 9.17) is 4.74 Å². The molecule has 1 aromatic carbocycles. The van der Waals surface area contributed by atoms with Crippen molar-refractivity contribution in [3.63, 3.8) is 0 Å². The molecule has 2 amide bonds. The van der Waals surface area contributed by atoms with Gasteiger partial charge in [0.2, 0.25) is 0 Å². The standard InChI is InChI=1S/C15H19N3O5S/c1-23-7-6-18-15(20)12-3-2-10(8-13(12)24(18,21)22)14(19)17-11-4-5-16-9-11/h2-3,8,11,16H,4-7,9H2,1H3,(H,17,19). The Morgan fingerprint density at radius 2 is 2.25 bits per heavy atom. The zero-order valence-electron chi connectivity index (χ0n) is 13.2. The fourth-order valence-corrected chi connectivity index (χ4v) is 4.44. The number of fused-ring (bicyclic) bond motifs is 1.